The van der Waals surface area contributed by atoms with Gasteiger partial charge in [-0.1, -0.05) is 24.3 Å². The number of nitro benzene ring substituents is 2. The van der Waals surface area contributed by atoms with Crippen molar-refractivity contribution in [2.75, 3.05) is 16.9 Å². The molecule has 0 saturated heterocycles. The first-order valence-corrected chi connectivity index (χ1v) is 8.33. The van der Waals surface area contributed by atoms with Crippen molar-refractivity contribution >= 4 is 34.1 Å². The molecule has 0 amide bonds. The number of nitrogens with zero attached hydrogens (tertiary/aromatic N) is 3. The second kappa shape index (κ2) is 8.05. The summed E-state index contributed by atoms with van der Waals surface area (Å²) in [5.74, 6) is 0. The van der Waals surface area contributed by atoms with Crippen molar-refractivity contribution in [3.05, 3.63) is 98.1 Å². The molecule has 10 heteroatoms. The number of benzene rings is 3. The molecule has 0 atom stereocenters. The molecule has 0 fully saturated rings. The Morgan fingerprint density at radius 3 is 1.76 bits per heavy atom. The number of nitrogen functional groups attached to an aromatic ring is 2. The third kappa shape index (κ3) is 4.45. The van der Waals surface area contributed by atoms with Crippen molar-refractivity contribution in [2.24, 2.45) is 5.10 Å². The summed E-state index contributed by atoms with van der Waals surface area (Å²) in [7, 11) is 0. The van der Waals surface area contributed by atoms with Crippen LogP contribution in [0, 0.1) is 20.2 Å². The normalized spacial score (nSPS) is 10.2. The summed E-state index contributed by atoms with van der Waals surface area (Å²) in [6, 6.07) is 17.1. The zero-order chi connectivity index (χ0) is 21.0. The molecule has 5 N–H and O–H groups in total. The molecule has 0 saturated carbocycles. The second-order valence-corrected chi connectivity index (χ2v) is 6.03. The van der Waals surface area contributed by atoms with Crippen molar-refractivity contribution < 1.29 is 9.85 Å². The van der Waals surface area contributed by atoms with Crippen LogP contribution in [0.25, 0.3) is 0 Å². The van der Waals surface area contributed by atoms with E-state index in [0.29, 0.717) is 28.2 Å². The molecular weight excluding hydrogens is 376 g/mol. The van der Waals surface area contributed by atoms with Gasteiger partial charge in [0.1, 0.15) is 5.69 Å². The zero-order valence-electron chi connectivity index (χ0n) is 15.0. The second-order valence-electron chi connectivity index (χ2n) is 6.03. The Bertz CT molecular complexity index is 1050. The fourth-order valence-electron chi connectivity index (χ4n) is 2.57. The predicted molar refractivity (Wildman–Crippen MR) is 111 cm³/mol. The monoisotopic (exact) mass is 392 g/mol. The summed E-state index contributed by atoms with van der Waals surface area (Å²) in [5, 5.41) is 26.5. The largest absolute Gasteiger partial charge is 0.399 e. The predicted octanol–water partition coefficient (Wildman–Crippen LogP) is 3.53. The number of rotatable bonds is 6. The van der Waals surface area contributed by atoms with Gasteiger partial charge in [0, 0.05) is 28.6 Å². The van der Waals surface area contributed by atoms with Crippen LogP contribution in [-0.2, 0) is 0 Å². The summed E-state index contributed by atoms with van der Waals surface area (Å²) < 4.78 is 0. The molecule has 0 aliphatic carbocycles. The van der Waals surface area contributed by atoms with Crippen LogP contribution in [0.3, 0.4) is 0 Å². The highest BCUT2D eigenvalue weighted by Crippen LogP contribution is 2.29. The average Bonchev–Trinajstić information content (AvgIpc) is 2.70. The number of hydrogen-bond acceptors (Lipinski definition) is 8. The van der Waals surface area contributed by atoms with E-state index >= 15 is 0 Å². The molecule has 0 bridgehead atoms. The van der Waals surface area contributed by atoms with Gasteiger partial charge in [-0.3, -0.25) is 25.7 Å². The lowest BCUT2D eigenvalue weighted by Crippen LogP contribution is -2.08. The molecule has 146 valence electrons. The van der Waals surface area contributed by atoms with Gasteiger partial charge in [-0.2, -0.15) is 5.10 Å². The fourth-order valence-corrected chi connectivity index (χ4v) is 2.57. The van der Waals surface area contributed by atoms with Gasteiger partial charge in [-0.25, -0.2) is 0 Å². The maximum atomic E-state index is 11.3. The van der Waals surface area contributed by atoms with Crippen LogP contribution in [0.4, 0.5) is 28.4 Å². The minimum Gasteiger partial charge on any atom is -0.399 e. The molecule has 3 aromatic rings. The molecule has 0 heterocycles. The average molecular weight is 392 g/mol. The van der Waals surface area contributed by atoms with Crippen molar-refractivity contribution in [1.29, 1.82) is 0 Å². The maximum Gasteiger partial charge on any atom is 0.301 e. The van der Waals surface area contributed by atoms with Gasteiger partial charge in [-0.15, -0.1) is 0 Å². The molecule has 0 spiro atoms. The van der Waals surface area contributed by atoms with Crippen LogP contribution in [-0.4, -0.2) is 15.6 Å². The number of non-ortho nitro benzene ring substituents is 1. The first-order valence-electron chi connectivity index (χ1n) is 8.33. The molecular formula is C19H16N6O4. The standard InChI is InChI=1S/C19H16N6O4/c20-14-5-1-12(2-6-14)19(13-3-7-15(21)8-4-13)23-22-17-10-9-16(24(26)27)11-18(17)25(28)29/h1-11,22H,20-21H2. The first-order chi connectivity index (χ1) is 13.8. The van der Waals surface area contributed by atoms with Gasteiger partial charge in [0.15, 0.2) is 0 Å². The molecule has 0 aromatic heterocycles. The zero-order valence-corrected chi connectivity index (χ0v) is 15.0. The number of anilines is 3. The number of hydrogen-bond donors (Lipinski definition) is 3. The molecule has 3 aromatic carbocycles. The van der Waals surface area contributed by atoms with Gasteiger partial charge >= 0.3 is 5.69 Å². The lowest BCUT2D eigenvalue weighted by atomic mass is 10.0. The third-order valence-electron chi connectivity index (χ3n) is 4.05. The van der Waals surface area contributed by atoms with Crippen LogP contribution in [0.1, 0.15) is 11.1 Å². The summed E-state index contributed by atoms with van der Waals surface area (Å²) in [4.78, 5) is 20.8. The number of nitrogens with one attached hydrogen (secondary N) is 1. The Morgan fingerprint density at radius 1 is 0.793 bits per heavy atom. The minimum absolute atomic E-state index is 0.0176. The van der Waals surface area contributed by atoms with Gasteiger partial charge in [0.2, 0.25) is 0 Å². The summed E-state index contributed by atoms with van der Waals surface area (Å²) in [5.41, 5.74) is 16.3. The van der Waals surface area contributed by atoms with E-state index in [0.717, 1.165) is 12.1 Å². The van der Waals surface area contributed by atoms with E-state index in [4.69, 9.17) is 11.5 Å². The molecule has 10 nitrogen and oxygen atoms in total. The molecule has 0 aliphatic heterocycles. The summed E-state index contributed by atoms with van der Waals surface area (Å²) >= 11 is 0. The quantitative estimate of drug-likeness (QED) is 0.250. The Balaban J connectivity index is 2.05. The van der Waals surface area contributed by atoms with Crippen LogP contribution in [0.2, 0.25) is 0 Å². The molecule has 3 rings (SSSR count). The SMILES string of the molecule is Nc1ccc(C(=NNc2ccc([N+](=O)[O-])cc2[N+](=O)[O-])c2ccc(N)cc2)cc1. The van der Waals surface area contributed by atoms with Crippen molar-refractivity contribution in [3.63, 3.8) is 0 Å². The van der Waals surface area contributed by atoms with Gasteiger partial charge in [0.05, 0.1) is 21.6 Å². The number of nitro groups is 2. The van der Waals surface area contributed by atoms with E-state index in [1.54, 1.807) is 48.5 Å². The fraction of sp³-hybridized carbons (Fsp3) is 0. The molecule has 0 unspecified atom stereocenters. The van der Waals surface area contributed by atoms with Crippen molar-refractivity contribution in [3.8, 4) is 0 Å². The van der Waals surface area contributed by atoms with E-state index in [-0.39, 0.29) is 11.4 Å². The highest BCUT2D eigenvalue weighted by molar-refractivity contribution is 6.13. The number of hydrazone groups is 1. The number of nitrogens with two attached hydrogens (primary N) is 2. The van der Waals surface area contributed by atoms with E-state index in [2.05, 4.69) is 10.5 Å². The van der Waals surface area contributed by atoms with E-state index in [1.165, 1.54) is 6.07 Å². The highest BCUT2D eigenvalue weighted by atomic mass is 16.6. The maximum absolute atomic E-state index is 11.3. The van der Waals surface area contributed by atoms with Gasteiger partial charge in [-0.05, 0) is 30.3 Å². The van der Waals surface area contributed by atoms with Gasteiger partial charge in [0.25, 0.3) is 5.69 Å². The lowest BCUT2D eigenvalue weighted by Gasteiger charge is -2.10. The Morgan fingerprint density at radius 2 is 1.31 bits per heavy atom. The molecule has 0 radical (unpaired) electrons. The lowest BCUT2D eigenvalue weighted by molar-refractivity contribution is -0.393. The van der Waals surface area contributed by atoms with Gasteiger partial charge < -0.3 is 11.5 Å². The summed E-state index contributed by atoms with van der Waals surface area (Å²) in [6.45, 7) is 0. The first kappa shape index (κ1) is 19.3. The van der Waals surface area contributed by atoms with E-state index in [1.807, 2.05) is 0 Å². The summed E-state index contributed by atoms with van der Waals surface area (Å²) in [6.07, 6.45) is 0. The van der Waals surface area contributed by atoms with Crippen molar-refractivity contribution in [1.82, 2.24) is 0 Å². The Labute approximate surface area is 164 Å². The topological polar surface area (TPSA) is 163 Å². The smallest absolute Gasteiger partial charge is 0.301 e. The van der Waals surface area contributed by atoms with Crippen molar-refractivity contribution in [2.45, 2.75) is 0 Å². The van der Waals surface area contributed by atoms with Crippen LogP contribution in [0.15, 0.2) is 71.8 Å². The molecule has 29 heavy (non-hydrogen) atoms. The van der Waals surface area contributed by atoms with E-state index in [9.17, 15) is 20.2 Å². The van der Waals surface area contributed by atoms with Crippen LogP contribution >= 0.6 is 0 Å². The Kier molecular flexibility index (Phi) is 5.35. The third-order valence-corrected chi connectivity index (χ3v) is 4.05. The highest BCUT2D eigenvalue weighted by Gasteiger charge is 2.19. The van der Waals surface area contributed by atoms with E-state index < -0.39 is 15.5 Å². The van der Waals surface area contributed by atoms with Crippen LogP contribution in [0.5, 0.6) is 0 Å². The Hall–Kier alpha value is -4.47. The van der Waals surface area contributed by atoms with Crippen LogP contribution < -0.4 is 16.9 Å². The minimum atomic E-state index is -0.711. The molecule has 0 aliphatic rings.